The molecule has 0 amide bonds. The van der Waals surface area contributed by atoms with Crippen molar-refractivity contribution < 1.29 is 18.3 Å². The molecule has 2 unspecified atom stereocenters. The van der Waals surface area contributed by atoms with E-state index in [2.05, 4.69) is 4.98 Å². The Labute approximate surface area is 112 Å². The summed E-state index contributed by atoms with van der Waals surface area (Å²) < 4.78 is 26.0. The maximum atomic E-state index is 12.4. The predicted molar refractivity (Wildman–Crippen MR) is 67.9 cm³/mol. The third-order valence-electron chi connectivity index (χ3n) is 3.25. The molecule has 2 heterocycles. The Bertz CT molecular complexity index is 558. The number of carboxylic acids is 1. The molecule has 7 heteroatoms. The largest absolute Gasteiger partial charge is 0.481 e. The van der Waals surface area contributed by atoms with Crippen LogP contribution in [0.1, 0.15) is 13.3 Å². The first-order valence-electron chi connectivity index (χ1n) is 6.04. The summed E-state index contributed by atoms with van der Waals surface area (Å²) in [5, 5.41) is 9.08. The van der Waals surface area contributed by atoms with Crippen molar-refractivity contribution >= 4 is 16.0 Å². The number of piperidine rings is 1. The molecule has 1 aliphatic heterocycles. The lowest BCUT2D eigenvalue weighted by Crippen LogP contribution is -2.45. The van der Waals surface area contributed by atoms with E-state index in [4.69, 9.17) is 5.11 Å². The van der Waals surface area contributed by atoms with Gasteiger partial charge in [-0.15, -0.1) is 0 Å². The molecule has 0 bridgehead atoms. The SMILES string of the molecule is CC1CC(C(=O)O)CN(S(=O)(=O)c2cccnc2)C1. The van der Waals surface area contributed by atoms with Gasteiger partial charge < -0.3 is 5.11 Å². The molecule has 0 aliphatic carbocycles. The molecule has 1 aromatic rings. The van der Waals surface area contributed by atoms with E-state index in [9.17, 15) is 13.2 Å². The van der Waals surface area contributed by atoms with Gasteiger partial charge >= 0.3 is 5.97 Å². The highest BCUT2D eigenvalue weighted by Crippen LogP contribution is 2.26. The quantitative estimate of drug-likeness (QED) is 0.887. The Morgan fingerprint density at radius 1 is 1.47 bits per heavy atom. The minimum Gasteiger partial charge on any atom is -0.481 e. The zero-order chi connectivity index (χ0) is 14.0. The van der Waals surface area contributed by atoms with Gasteiger partial charge in [-0.2, -0.15) is 4.31 Å². The molecule has 1 fully saturated rings. The highest BCUT2D eigenvalue weighted by molar-refractivity contribution is 7.89. The van der Waals surface area contributed by atoms with Crippen LogP contribution in [0.4, 0.5) is 0 Å². The highest BCUT2D eigenvalue weighted by Gasteiger charge is 2.36. The maximum Gasteiger partial charge on any atom is 0.307 e. The molecule has 104 valence electrons. The van der Waals surface area contributed by atoms with Crippen LogP contribution in [0.5, 0.6) is 0 Å². The third kappa shape index (κ3) is 2.93. The fraction of sp³-hybridized carbons (Fsp3) is 0.500. The minimum atomic E-state index is -3.65. The fourth-order valence-electron chi connectivity index (χ4n) is 2.33. The molecular weight excluding hydrogens is 268 g/mol. The first kappa shape index (κ1) is 14.0. The molecule has 2 atom stereocenters. The molecule has 0 spiro atoms. The van der Waals surface area contributed by atoms with Gasteiger partial charge in [0.15, 0.2) is 0 Å². The first-order valence-corrected chi connectivity index (χ1v) is 7.48. The summed E-state index contributed by atoms with van der Waals surface area (Å²) in [6, 6.07) is 3.02. The topological polar surface area (TPSA) is 87.6 Å². The van der Waals surface area contributed by atoms with Gasteiger partial charge in [0, 0.05) is 25.5 Å². The summed E-state index contributed by atoms with van der Waals surface area (Å²) in [4.78, 5) is 15.0. The summed E-state index contributed by atoms with van der Waals surface area (Å²) >= 11 is 0. The van der Waals surface area contributed by atoms with Crippen molar-refractivity contribution in [1.82, 2.24) is 9.29 Å². The van der Waals surface area contributed by atoms with E-state index in [0.29, 0.717) is 13.0 Å². The van der Waals surface area contributed by atoms with Gasteiger partial charge in [0.2, 0.25) is 10.0 Å². The molecule has 0 radical (unpaired) electrons. The van der Waals surface area contributed by atoms with Crippen LogP contribution in [0.25, 0.3) is 0 Å². The van der Waals surface area contributed by atoms with Gasteiger partial charge in [-0.1, -0.05) is 6.92 Å². The number of aliphatic carboxylic acids is 1. The lowest BCUT2D eigenvalue weighted by molar-refractivity contribution is -0.143. The van der Waals surface area contributed by atoms with Gasteiger partial charge in [-0.25, -0.2) is 8.42 Å². The van der Waals surface area contributed by atoms with Crippen molar-refractivity contribution in [2.75, 3.05) is 13.1 Å². The van der Waals surface area contributed by atoms with Crippen LogP contribution in [0.3, 0.4) is 0 Å². The van der Waals surface area contributed by atoms with Crippen molar-refractivity contribution in [2.24, 2.45) is 11.8 Å². The van der Waals surface area contributed by atoms with Gasteiger partial charge in [-0.05, 0) is 24.5 Å². The van der Waals surface area contributed by atoms with Crippen LogP contribution in [0.2, 0.25) is 0 Å². The lowest BCUT2D eigenvalue weighted by atomic mass is 9.92. The van der Waals surface area contributed by atoms with Crippen LogP contribution in [-0.2, 0) is 14.8 Å². The molecule has 1 N–H and O–H groups in total. The normalized spacial score (nSPS) is 25.1. The van der Waals surface area contributed by atoms with Crippen molar-refractivity contribution in [1.29, 1.82) is 0 Å². The maximum absolute atomic E-state index is 12.4. The number of pyridine rings is 1. The lowest BCUT2D eigenvalue weighted by Gasteiger charge is -2.33. The van der Waals surface area contributed by atoms with E-state index in [1.165, 1.54) is 22.8 Å². The Morgan fingerprint density at radius 3 is 2.79 bits per heavy atom. The number of aromatic nitrogens is 1. The number of rotatable bonds is 3. The average molecular weight is 284 g/mol. The minimum absolute atomic E-state index is 0.0247. The van der Waals surface area contributed by atoms with E-state index < -0.39 is 21.9 Å². The van der Waals surface area contributed by atoms with E-state index in [-0.39, 0.29) is 17.4 Å². The predicted octanol–water partition coefficient (Wildman–Crippen LogP) is 0.813. The molecule has 1 aliphatic rings. The molecule has 6 nitrogen and oxygen atoms in total. The molecule has 1 aromatic heterocycles. The van der Waals surface area contributed by atoms with Crippen molar-refractivity contribution in [3.8, 4) is 0 Å². The molecule has 1 saturated heterocycles. The molecule has 19 heavy (non-hydrogen) atoms. The smallest absolute Gasteiger partial charge is 0.307 e. The van der Waals surface area contributed by atoms with Gasteiger partial charge in [0.1, 0.15) is 4.90 Å². The monoisotopic (exact) mass is 284 g/mol. The third-order valence-corrected chi connectivity index (χ3v) is 5.06. The average Bonchev–Trinajstić information content (AvgIpc) is 2.39. The summed E-state index contributed by atoms with van der Waals surface area (Å²) in [5.41, 5.74) is 0. The second-order valence-electron chi connectivity index (χ2n) is 4.89. The van der Waals surface area contributed by atoms with E-state index in [0.717, 1.165) is 0 Å². The molecule has 0 aromatic carbocycles. The molecule has 0 saturated carbocycles. The zero-order valence-electron chi connectivity index (χ0n) is 10.6. The zero-order valence-corrected chi connectivity index (χ0v) is 11.4. The number of hydrogen-bond donors (Lipinski definition) is 1. The van der Waals surface area contributed by atoms with Crippen LogP contribution >= 0.6 is 0 Å². The Morgan fingerprint density at radius 2 is 2.21 bits per heavy atom. The van der Waals surface area contributed by atoms with Crippen LogP contribution in [0, 0.1) is 11.8 Å². The molecule has 2 rings (SSSR count). The van der Waals surface area contributed by atoms with Crippen molar-refractivity contribution in [2.45, 2.75) is 18.2 Å². The highest BCUT2D eigenvalue weighted by atomic mass is 32.2. The van der Waals surface area contributed by atoms with Gasteiger partial charge in [0.05, 0.1) is 5.92 Å². The summed E-state index contributed by atoms with van der Waals surface area (Å²) in [6.45, 7) is 2.23. The van der Waals surface area contributed by atoms with Crippen LogP contribution in [0.15, 0.2) is 29.4 Å². The summed E-state index contributed by atoms with van der Waals surface area (Å²) in [7, 11) is -3.65. The number of carboxylic acid groups (broad SMARTS) is 1. The standard InChI is InChI=1S/C12H16N2O4S/c1-9-5-10(12(15)16)8-14(7-9)19(17,18)11-3-2-4-13-6-11/h2-4,6,9-10H,5,7-8H2,1H3,(H,15,16). The van der Waals surface area contributed by atoms with E-state index >= 15 is 0 Å². The van der Waals surface area contributed by atoms with Crippen LogP contribution < -0.4 is 0 Å². The number of nitrogens with zero attached hydrogens (tertiary/aromatic N) is 2. The summed E-state index contributed by atoms with van der Waals surface area (Å²) in [5.74, 6) is -1.56. The fourth-order valence-corrected chi connectivity index (χ4v) is 3.90. The molecular formula is C12H16N2O4S. The Hall–Kier alpha value is -1.47. The Kier molecular flexibility index (Phi) is 3.86. The second kappa shape index (κ2) is 5.26. The number of carbonyl (C=O) groups is 1. The number of sulfonamides is 1. The van der Waals surface area contributed by atoms with Crippen molar-refractivity contribution in [3.63, 3.8) is 0 Å². The van der Waals surface area contributed by atoms with Crippen molar-refractivity contribution in [3.05, 3.63) is 24.5 Å². The van der Waals surface area contributed by atoms with Gasteiger partial charge in [0.25, 0.3) is 0 Å². The first-order chi connectivity index (χ1) is 8.91. The van der Waals surface area contributed by atoms with E-state index in [1.807, 2.05) is 6.92 Å². The second-order valence-corrected chi connectivity index (χ2v) is 6.82. The van der Waals surface area contributed by atoms with E-state index in [1.54, 1.807) is 6.07 Å². The number of hydrogen-bond acceptors (Lipinski definition) is 4. The van der Waals surface area contributed by atoms with Gasteiger partial charge in [-0.3, -0.25) is 9.78 Å². The Balaban J connectivity index is 2.28. The van der Waals surface area contributed by atoms with Crippen LogP contribution in [-0.4, -0.2) is 41.9 Å². The summed E-state index contributed by atoms with van der Waals surface area (Å²) in [6.07, 6.45) is 3.29.